The summed E-state index contributed by atoms with van der Waals surface area (Å²) in [6, 6.07) is 5.20. The predicted molar refractivity (Wildman–Crippen MR) is 88.3 cm³/mol. The third-order valence-corrected chi connectivity index (χ3v) is 3.07. The van der Waals surface area contributed by atoms with Gasteiger partial charge in [-0.1, -0.05) is 0 Å². The number of carbonyl (C=O) groups excluding carboxylic acids is 2. The summed E-state index contributed by atoms with van der Waals surface area (Å²) >= 11 is 4.99. The maximum absolute atomic E-state index is 12.8. The van der Waals surface area contributed by atoms with Gasteiger partial charge >= 0.3 is 0 Å². The summed E-state index contributed by atoms with van der Waals surface area (Å²) in [5, 5.41) is 3.17. The Bertz CT molecular complexity index is 551. The highest BCUT2D eigenvalue weighted by molar-refractivity contribution is 7.80. The van der Waals surface area contributed by atoms with Crippen LogP contribution in [0.2, 0.25) is 0 Å². The van der Waals surface area contributed by atoms with Crippen LogP contribution >= 0.6 is 12.2 Å². The molecule has 0 bridgehead atoms. The number of nitrogens with one attached hydrogen (secondary N) is 3. The second-order valence-corrected chi connectivity index (χ2v) is 5.34. The molecular formula is C15H20FN3O3S. The standard InChI is InChI=1S/C15H20FN3O3S/c1-10(9-22-2)17-15(23)19-18-14(21)8-7-13(20)11-3-5-12(16)6-4-11/h3-6,10H,7-9H2,1-2H3,(H,18,21)(H2,17,19,23)/t10-/m1/s1. The van der Waals surface area contributed by atoms with Gasteiger partial charge in [-0.15, -0.1) is 0 Å². The van der Waals surface area contributed by atoms with E-state index in [1.807, 2.05) is 6.92 Å². The van der Waals surface area contributed by atoms with E-state index < -0.39 is 5.82 Å². The average Bonchev–Trinajstić information content (AvgIpc) is 2.51. The third-order valence-electron chi connectivity index (χ3n) is 2.85. The second-order valence-electron chi connectivity index (χ2n) is 4.93. The largest absolute Gasteiger partial charge is 0.383 e. The molecule has 0 aliphatic heterocycles. The van der Waals surface area contributed by atoms with E-state index in [2.05, 4.69) is 16.2 Å². The predicted octanol–water partition coefficient (Wildman–Crippen LogP) is 1.32. The van der Waals surface area contributed by atoms with Gasteiger partial charge in [-0.2, -0.15) is 0 Å². The molecule has 1 aromatic rings. The van der Waals surface area contributed by atoms with Crippen LogP contribution in [0.4, 0.5) is 4.39 Å². The molecule has 0 aromatic heterocycles. The summed E-state index contributed by atoms with van der Waals surface area (Å²) in [5.41, 5.74) is 5.32. The maximum atomic E-state index is 12.8. The summed E-state index contributed by atoms with van der Waals surface area (Å²) in [6.45, 7) is 2.35. The summed E-state index contributed by atoms with van der Waals surface area (Å²) in [7, 11) is 1.58. The van der Waals surface area contributed by atoms with Gasteiger partial charge in [-0.25, -0.2) is 4.39 Å². The molecule has 0 fully saturated rings. The number of hydrogen-bond donors (Lipinski definition) is 3. The first-order chi connectivity index (χ1) is 10.9. The van der Waals surface area contributed by atoms with Crippen molar-refractivity contribution in [2.45, 2.75) is 25.8 Å². The molecule has 23 heavy (non-hydrogen) atoms. The van der Waals surface area contributed by atoms with Crippen molar-refractivity contribution in [2.24, 2.45) is 0 Å². The van der Waals surface area contributed by atoms with E-state index in [1.54, 1.807) is 7.11 Å². The zero-order valence-electron chi connectivity index (χ0n) is 13.0. The Balaban J connectivity index is 2.27. The van der Waals surface area contributed by atoms with Gasteiger partial charge in [0.1, 0.15) is 5.82 Å². The Hall–Kier alpha value is -2.06. The van der Waals surface area contributed by atoms with E-state index >= 15 is 0 Å². The van der Waals surface area contributed by atoms with Crippen LogP contribution in [0, 0.1) is 5.82 Å². The van der Waals surface area contributed by atoms with Crippen LogP contribution in [0.15, 0.2) is 24.3 Å². The van der Waals surface area contributed by atoms with E-state index in [1.165, 1.54) is 24.3 Å². The second kappa shape index (κ2) is 9.86. The topological polar surface area (TPSA) is 79.5 Å². The minimum atomic E-state index is -0.410. The molecule has 1 rings (SSSR count). The number of ketones is 1. The molecule has 1 aromatic carbocycles. The highest BCUT2D eigenvalue weighted by atomic mass is 32.1. The van der Waals surface area contributed by atoms with E-state index in [0.717, 1.165) is 0 Å². The summed E-state index contributed by atoms with van der Waals surface area (Å²) in [6.07, 6.45) is 0.0266. The number of hydrogen-bond acceptors (Lipinski definition) is 4. The fourth-order valence-corrected chi connectivity index (χ4v) is 2.00. The van der Waals surface area contributed by atoms with Crippen LogP contribution in [0.25, 0.3) is 0 Å². The van der Waals surface area contributed by atoms with Crippen LogP contribution in [0.5, 0.6) is 0 Å². The Morgan fingerprint density at radius 1 is 1.22 bits per heavy atom. The van der Waals surface area contributed by atoms with Crippen molar-refractivity contribution in [1.29, 1.82) is 0 Å². The number of hydrazine groups is 1. The summed E-state index contributed by atoms with van der Waals surface area (Å²) < 4.78 is 17.7. The van der Waals surface area contributed by atoms with Crippen molar-refractivity contribution < 1.29 is 18.7 Å². The van der Waals surface area contributed by atoms with Gasteiger partial charge in [0, 0.05) is 31.6 Å². The zero-order valence-corrected chi connectivity index (χ0v) is 13.8. The zero-order chi connectivity index (χ0) is 17.2. The molecular weight excluding hydrogens is 321 g/mol. The minimum absolute atomic E-state index is 0.000548. The van der Waals surface area contributed by atoms with Gasteiger partial charge in [-0.3, -0.25) is 20.4 Å². The molecule has 0 heterocycles. The fraction of sp³-hybridized carbons (Fsp3) is 0.400. The first kappa shape index (κ1) is 19.0. The molecule has 0 unspecified atom stereocenters. The van der Waals surface area contributed by atoms with E-state index in [4.69, 9.17) is 17.0 Å². The fourth-order valence-electron chi connectivity index (χ4n) is 1.75. The van der Waals surface area contributed by atoms with Gasteiger partial charge in [0.25, 0.3) is 0 Å². The van der Waals surface area contributed by atoms with Crippen LogP contribution in [-0.4, -0.2) is 36.6 Å². The van der Waals surface area contributed by atoms with E-state index in [-0.39, 0.29) is 35.7 Å². The molecule has 0 spiro atoms. The van der Waals surface area contributed by atoms with Crippen molar-refractivity contribution in [1.82, 2.24) is 16.2 Å². The molecule has 0 aliphatic rings. The molecule has 0 aliphatic carbocycles. The minimum Gasteiger partial charge on any atom is -0.383 e. The summed E-state index contributed by atoms with van der Waals surface area (Å²) in [5.74, 6) is -1.01. The smallest absolute Gasteiger partial charge is 0.238 e. The number of methoxy groups -OCH3 is 1. The molecule has 0 radical (unpaired) electrons. The van der Waals surface area contributed by atoms with E-state index in [9.17, 15) is 14.0 Å². The van der Waals surface area contributed by atoms with Crippen LogP contribution in [-0.2, 0) is 9.53 Å². The highest BCUT2D eigenvalue weighted by Gasteiger charge is 2.10. The first-order valence-electron chi connectivity index (χ1n) is 7.05. The number of thiocarbonyl (C=S) groups is 1. The van der Waals surface area contributed by atoms with Crippen LogP contribution in [0.3, 0.4) is 0 Å². The van der Waals surface area contributed by atoms with E-state index in [0.29, 0.717) is 12.2 Å². The van der Waals surface area contributed by atoms with Gasteiger partial charge in [0.05, 0.1) is 6.61 Å². The van der Waals surface area contributed by atoms with Gasteiger partial charge in [0.2, 0.25) is 5.91 Å². The normalized spacial score (nSPS) is 11.4. The van der Waals surface area contributed by atoms with Crippen molar-refractivity contribution in [2.75, 3.05) is 13.7 Å². The number of halogens is 1. The molecule has 8 heteroatoms. The van der Waals surface area contributed by atoms with Gasteiger partial charge in [0.15, 0.2) is 10.9 Å². The lowest BCUT2D eigenvalue weighted by atomic mass is 10.1. The molecule has 1 amide bonds. The molecule has 126 valence electrons. The Morgan fingerprint density at radius 2 is 1.87 bits per heavy atom. The summed E-state index contributed by atoms with van der Waals surface area (Å²) in [4.78, 5) is 23.5. The van der Waals surface area contributed by atoms with Crippen LogP contribution in [0.1, 0.15) is 30.1 Å². The highest BCUT2D eigenvalue weighted by Crippen LogP contribution is 2.07. The Kier molecular flexibility index (Phi) is 8.14. The van der Waals surface area contributed by atoms with Gasteiger partial charge in [-0.05, 0) is 43.4 Å². The molecule has 0 saturated carbocycles. The first-order valence-corrected chi connectivity index (χ1v) is 7.46. The lowest BCUT2D eigenvalue weighted by molar-refractivity contribution is -0.121. The number of benzene rings is 1. The Labute approximate surface area is 139 Å². The molecule has 0 saturated heterocycles. The SMILES string of the molecule is COC[C@@H](C)NC(=S)NNC(=O)CCC(=O)c1ccc(F)cc1. The van der Waals surface area contributed by atoms with Crippen molar-refractivity contribution in [3.8, 4) is 0 Å². The third kappa shape index (κ3) is 7.66. The Morgan fingerprint density at radius 3 is 2.48 bits per heavy atom. The molecule has 3 N–H and O–H groups in total. The lowest BCUT2D eigenvalue weighted by Gasteiger charge is -2.16. The number of rotatable bonds is 7. The van der Waals surface area contributed by atoms with Crippen molar-refractivity contribution in [3.05, 3.63) is 35.6 Å². The number of carbonyl (C=O) groups is 2. The van der Waals surface area contributed by atoms with Gasteiger partial charge < -0.3 is 10.1 Å². The monoisotopic (exact) mass is 341 g/mol. The average molecular weight is 341 g/mol. The maximum Gasteiger partial charge on any atom is 0.238 e. The number of amides is 1. The van der Waals surface area contributed by atoms with Crippen molar-refractivity contribution in [3.63, 3.8) is 0 Å². The van der Waals surface area contributed by atoms with Crippen molar-refractivity contribution >= 4 is 29.0 Å². The number of ether oxygens (including phenoxy) is 1. The number of Topliss-reactive ketones (excluding diaryl/α,β-unsaturated/α-hetero) is 1. The molecule has 1 atom stereocenters. The van der Waals surface area contributed by atoms with Crippen LogP contribution < -0.4 is 16.2 Å². The molecule has 6 nitrogen and oxygen atoms in total. The lowest BCUT2D eigenvalue weighted by Crippen LogP contribution is -2.49. The quantitative estimate of drug-likeness (QED) is 0.394.